The maximum atomic E-state index is 11.1. The molecule has 0 saturated carbocycles. The van der Waals surface area contributed by atoms with Crippen molar-refractivity contribution in [2.45, 2.75) is 18.6 Å². The highest BCUT2D eigenvalue weighted by atomic mass is 79.9. The van der Waals surface area contributed by atoms with E-state index in [1.807, 2.05) is 0 Å². The maximum Gasteiger partial charge on any atom is 0.348 e. The predicted octanol–water partition coefficient (Wildman–Crippen LogP) is 0.752. The zero-order valence-electron chi connectivity index (χ0n) is 6.60. The molecule has 0 N–H and O–H groups in total. The quantitative estimate of drug-likeness (QED) is 0.641. The summed E-state index contributed by atoms with van der Waals surface area (Å²) in [7, 11) is 0. The third kappa shape index (κ3) is 1.37. The van der Waals surface area contributed by atoms with Crippen LogP contribution in [0.4, 0.5) is 0 Å². The summed E-state index contributed by atoms with van der Waals surface area (Å²) in [6.07, 6.45) is 0.952. The number of hydrogen-bond acceptors (Lipinski definition) is 4. The van der Waals surface area contributed by atoms with Crippen molar-refractivity contribution in [3.8, 4) is 0 Å². The number of halogens is 1. The number of rotatable bonds is 1. The number of hydrogen-bond donors (Lipinski definition) is 0. The van der Waals surface area contributed by atoms with Gasteiger partial charge < -0.3 is 9.47 Å². The number of carbonyl (C=O) groups excluding carboxylic acids is 2. The Labute approximate surface area is 83.0 Å². The molecule has 0 aromatic carbocycles. The van der Waals surface area contributed by atoms with Crippen LogP contribution in [0.1, 0.15) is 6.42 Å². The topological polar surface area (TPSA) is 52.6 Å². The van der Waals surface area contributed by atoms with Crippen molar-refractivity contribution in [3.05, 3.63) is 11.1 Å². The monoisotopic (exact) mass is 246 g/mol. The molecule has 2 aliphatic rings. The molecule has 0 aliphatic carbocycles. The van der Waals surface area contributed by atoms with Crippen LogP contribution in [0, 0.1) is 5.92 Å². The van der Waals surface area contributed by atoms with Gasteiger partial charge in [-0.3, -0.25) is 4.79 Å². The van der Waals surface area contributed by atoms with Gasteiger partial charge in [-0.05, 0) is 11.1 Å². The second kappa shape index (κ2) is 3.14. The van der Waals surface area contributed by atoms with E-state index in [9.17, 15) is 9.59 Å². The molecule has 2 heterocycles. The Bertz CT molecular complexity index is 286. The van der Waals surface area contributed by atoms with Crippen molar-refractivity contribution in [3.63, 3.8) is 0 Å². The lowest BCUT2D eigenvalue weighted by Gasteiger charge is -2.06. The summed E-state index contributed by atoms with van der Waals surface area (Å²) in [6.45, 7) is 0. The standard InChI is InChI=1S/C8H7BrO4/c9-2-1-5-4-3-6(10)13-7(4)8(11)12-5/h1-2,4-5,7H,3H2/b2-1-/t4-,5+,7-/m0/s1. The van der Waals surface area contributed by atoms with Crippen molar-refractivity contribution in [1.29, 1.82) is 0 Å². The third-order valence-electron chi connectivity index (χ3n) is 2.22. The van der Waals surface area contributed by atoms with E-state index in [1.165, 1.54) is 0 Å². The molecule has 2 saturated heterocycles. The van der Waals surface area contributed by atoms with Crippen LogP contribution in [0.2, 0.25) is 0 Å². The Balaban J connectivity index is 2.19. The number of fused-ring (bicyclic) bond motifs is 1. The van der Waals surface area contributed by atoms with Crippen molar-refractivity contribution in [1.82, 2.24) is 0 Å². The molecule has 0 amide bonds. The first-order valence-corrected chi connectivity index (χ1v) is 4.81. The van der Waals surface area contributed by atoms with Gasteiger partial charge in [0.15, 0.2) is 0 Å². The average Bonchev–Trinajstić information content (AvgIpc) is 2.55. The van der Waals surface area contributed by atoms with E-state index in [1.54, 1.807) is 11.1 Å². The Kier molecular flexibility index (Phi) is 2.11. The lowest BCUT2D eigenvalue weighted by atomic mass is 9.98. The van der Waals surface area contributed by atoms with Crippen LogP contribution in [0.5, 0.6) is 0 Å². The van der Waals surface area contributed by atoms with Crippen molar-refractivity contribution in [2.24, 2.45) is 5.92 Å². The summed E-state index contributed by atoms with van der Waals surface area (Å²) >= 11 is 3.09. The van der Waals surface area contributed by atoms with E-state index < -0.39 is 12.1 Å². The molecule has 4 nitrogen and oxygen atoms in total. The van der Waals surface area contributed by atoms with Crippen LogP contribution >= 0.6 is 15.9 Å². The highest BCUT2D eigenvalue weighted by Crippen LogP contribution is 2.34. The summed E-state index contributed by atoms with van der Waals surface area (Å²) in [5, 5.41) is 0. The molecule has 13 heavy (non-hydrogen) atoms. The summed E-state index contributed by atoms with van der Waals surface area (Å²) in [6, 6.07) is 0. The second-order valence-electron chi connectivity index (χ2n) is 3.00. The Morgan fingerprint density at radius 1 is 1.38 bits per heavy atom. The van der Waals surface area contributed by atoms with Crippen LogP contribution in [0.3, 0.4) is 0 Å². The molecule has 0 bridgehead atoms. The molecule has 70 valence electrons. The summed E-state index contributed by atoms with van der Waals surface area (Å²) in [4.78, 5) is 23.6. The smallest absolute Gasteiger partial charge is 0.348 e. The Morgan fingerprint density at radius 2 is 2.15 bits per heavy atom. The zero-order valence-corrected chi connectivity index (χ0v) is 8.19. The highest BCUT2D eigenvalue weighted by molar-refractivity contribution is 9.11. The molecule has 2 fully saturated rings. The minimum absolute atomic E-state index is 0.145. The predicted molar refractivity (Wildman–Crippen MR) is 45.9 cm³/mol. The van der Waals surface area contributed by atoms with Crippen LogP contribution in [-0.4, -0.2) is 24.1 Å². The van der Waals surface area contributed by atoms with Gasteiger partial charge in [0.25, 0.3) is 0 Å². The first kappa shape index (κ1) is 8.74. The van der Waals surface area contributed by atoms with Crippen LogP contribution < -0.4 is 0 Å². The molecular weight excluding hydrogens is 240 g/mol. The number of carbonyl (C=O) groups is 2. The van der Waals surface area contributed by atoms with Crippen LogP contribution in [-0.2, 0) is 19.1 Å². The SMILES string of the molecule is O=C1C[C@@H]2[C@H](O1)C(=O)O[C@@H]2/C=C\Br. The van der Waals surface area contributed by atoms with Gasteiger partial charge in [-0.15, -0.1) is 0 Å². The van der Waals surface area contributed by atoms with E-state index in [0.717, 1.165) is 0 Å². The summed E-state index contributed by atoms with van der Waals surface area (Å²) in [5.41, 5.74) is 0. The minimum atomic E-state index is -0.679. The van der Waals surface area contributed by atoms with Gasteiger partial charge in [0.1, 0.15) is 6.10 Å². The number of ether oxygens (including phenoxy) is 2. The van der Waals surface area contributed by atoms with E-state index in [0.29, 0.717) is 0 Å². The van der Waals surface area contributed by atoms with E-state index in [4.69, 9.17) is 9.47 Å². The van der Waals surface area contributed by atoms with E-state index in [2.05, 4.69) is 15.9 Å². The summed E-state index contributed by atoms with van der Waals surface area (Å²) in [5.74, 6) is -0.903. The van der Waals surface area contributed by atoms with Gasteiger partial charge in [-0.1, -0.05) is 15.9 Å². The van der Waals surface area contributed by atoms with Gasteiger partial charge in [-0.25, -0.2) is 4.79 Å². The third-order valence-corrected chi connectivity index (χ3v) is 2.52. The fourth-order valence-corrected chi connectivity index (χ4v) is 1.93. The van der Waals surface area contributed by atoms with Gasteiger partial charge in [0.05, 0.1) is 12.3 Å². The largest absolute Gasteiger partial charge is 0.455 e. The van der Waals surface area contributed by atoms with Crippen molar-refractivity contribution >= 4 is 27.9 Å². The van der Waals surface area contributed by atoms with Crippen molar-refractivity contribution in [2.75, 3.05) is 0 Å². The number of cyclic esters (lactones) is 1. The minimum Gasteiger partial charge on any atom is -0.455 e. The van der Waals surface area contributed by atoms with Gasteiger partial charge >= 0.3 is 11.9 Å². The van der Waals surface area contributed by atoms with Crippen LogP contribution in [0.15, 0.2) is 11.1 Å². The molecule has 0 aromatic rings. The Hall–Kier alpha value is -0.840. The molecule has 2 rings (SSSR count). The Morgan fingerprint density at radius 3 is 2.85 bits per heavy atom. The lowest BCUT2D eigenvalue weighted by Crippen LogP contribution is -2.19. The average molecular weight is 247 g/mol. The van der Waals surface area contributed by atoms with E-state index >= 15 is 0 Å². The molecule has 3 atom stereocenters. The van der Waals surface area contributed by atoms with Crippen LogP contribution in [0.25, 0.3) is 0 Å². The van der Waals surface area contributed by atoms with Gasteiger partial charge in [-0.2, -0.15) is 0 Å². The molecule has 0 unspecified atom stereocenters. The molecule has 0 spiro atoms. The molecule has 2 aliphatic heterocycles. The zero-order chi connectivity index (χ0) is 9.42. The second-order valence-corrected chi connectivity index (χ2v) is 3.53. The fourth-order valence-electron chi connectivity index (χ4n) is 1.63. The first-order valence-electron chi connectivity index (χ1n) is 3.89. The molecule has 0 radical (unpaired) electrons. The molecule has 0 aromatic heterocycles. The van der Waals surface area contributed by atoms with Crippen molar-refractivity contribution < 1.29 is 19.1 Å². The molecular formula is C8H7BrO4. The number of esters is 2. The van der Waals surface area contributed by atoms with Gasteiger partial charge in [0.2, 0.25) is 6.10 Å². The maximum absolute atomic E-state index is 11.1. The fraction of sp³-hybridized carbons (Fsp3) is 0.500. The highest BCUT2D eigenvalue weighted by Gasteiger charge is 2.51. The lowest BCUT2D eigenvalue weighted by molar-refractivity contribution is -0.157. The van der Waals surface area contributed by atoms with Gasteiger partial charge in [0, 0.05) is 0 Å². The first-order chi connectivity index (χ1) is 6.22. The normalized spacial score (nSPS) is 37.8. The van der Waals surface area contributed by atoms with E-state index in [-0.39, 0.29) is 24.4 Å². The molecule has 5 heteroatoms. The summed E-state index contributed by atoms with van der Waals surface area (Å²) < 4.78 is 9.80.